The summed E-state index contributed by atoms with van der Waals surface area (Å²) in [6, 6.07) is 24.6. The number of carbonyl (C=O) groups excluding carboxylic acids is 1. The average molecular weight is 443 g/mol. The van der Waals surface area contributed by atoms with E-state index < -0.39 is 0 Å². The quantitative estimate of drug-likeness (QED) is 0.335. The highest BCUT2D eigenvalue weighted by molar-refractivity contribution is 9.10. The van der Waals surface area contributed by atoms with Crippen LogP contribution in [-0.2, 0) is 0 Å². The summed E-state index contributed by atoms with van der Waals surface area (Å²) in [6.07, 6.45) is 1.54. The highest BCUT2D eigenvalue weighted by Crippen LogP contribution is 2.34. The maximum absolute atomic E-state index is 12.9. The van der Waals surface area contributed by atoms with Crippen LogP contribution in [0.1, 0.15) is 21.6 Å². The predicted molar refractivity (Wildman–Crippen MR) is 118 cm³/mol. The van der Waals surface area contributed by atoms with Gasteiger partial charge in [0, 0.05) is 20.9 Å². The number of hydrogen-bond donors (Lipinski definition) is 2. The molecule has 1 heterocycles. The van der Waals surface area contributed by atoms with Crippen LogP contribution in [0.15, 0.2) is 82.4 Å². The minimum atomic E-state index is -0.332. The molecule has 0 bridgehead atoms. The summed E-state index contributed by atoms with van der Waals surface area (Å²) in [5.41, 5.74) is 7.03. The summed E-state index contributed by atoms with van der Waals surface area (Å²) in [6.45, 7) is 0. The molecule has 5 nitrogen and oxygen atoms in total. The Hall–Kier alpha value is -3.69. The molecule has 1 aromatic heterocycles. The zero-order valence-electron chi connectivity index (χ0n) is 15.2. The summed E-state index contributed by atoms with van der Waals surface area (Å²) in [5, 5.41) is 13.9. The van der Waals surface area contributed by atoms with Gasteiger partial charge in [-0.3, -0.25) is 4.79 Å². The van der Waals surface area contributed by atoms with Crippen molar-refractivity contribution in [3.63, 3.8) is 0 Å². The lowest BCUT2D eigenvalue weighted by molar-refractivity contribution is 0.0951. The standard InChI is InChI=1S/C23H15BrN4O/c24-18-10-11-20-19(12-18)21(17-4-2-1-3-5-17)22(27-20)23(29)28-26-14-16-8-6-15(13-25)7-9-16/h1-12,14,27H,(H,28,29). The number of benzene rings is 3. The van der Waals surface area contributed by atoms with Gasteiger partial charge in [-0.1, -0.05) is 58.4 Å². The summed E-state index contributed by atoms with van der Waals surface area (Å²) in [5.74, 6) is -0.332. The van der Waals surface area contributed by atoms with E-state index in [9.17, 15) is 4.79 Å². The number of nitrogens with one attached hydrogen (secondary N) is 2. The number of hydrazone groups is 1. The molecule has 140 valence electrons. The lowest BCUT2D eigenvalue weighted by Gasteiger charge is -2.04. The van der Waals surface area contributed by atoms with E-state index in [1.807, 2.05) is 48.5 Å². The zero-order valence-corrected chi connectivity index (χ0v) is 16.8. The van der Waals surface area contributed by atoms with Crippen molar-refractivity contribution >= 4 is 39.0 Å². The maximum Gasteiger partial charge on any atom is 0.288 e. The minimum absolute atomic E-state index is 0.332. The molecular formula is C23H15BrN4O. The number of halogens is 1. The lowest BCUT2D eigenvalue weighted by Crippen LogP contribution is -2.18. The summed E-state index contributed by atoms with van der Waals surface area (Å²) < 4.78 is 0.937. The highest BCUT2D eigenvalue weighted by Gasteiger charge is 2.19. The summed E-state index contributed by atoms with van der Waals surface area (Å²) in [4.78, 5) is 16.1. The van der Waals surface area contributed by atoms with E-state index in [1.54, 1.807) is 30.5 Å². The van der Waals surface area contributed by atoms with Gasteiger partial charge >= 0.3 is 0 Å². The molecule has 29 heavy (non-hydrogen) atoms. The van der Waals surface area contributed by atoms with Gasteiger partial charge in [-0.25, -0.2) is 5.43 Å². The van der Waals surface area contributed by atoms with Gasteiger partial charge in [-0.05, 0) is 41.5 Å². The van der Waals surface area contributed by atoms with Crippen LogP contribution in [0.4, 0.5) is 0 Å². The predicted octanol–water partition coefficient (Wildman–Crippen LogP) is 5.23. The fraction of sp³-hybridized carbons (Fsp3) is 0. The molecule has 0 aliphatic carbocycles. The SMILES string of the molecule is N#Cc1ccc(C=NNC(=O)c2[nH]c3ccc(Br)cc3c2-c2ccccc2)cc1. The topological polar surface area (TPSA) is 81.0 Å². The monoisotopic (exact) mass is 442 g/mol. The van der Waals surface area contributed by atoms with Crippen molar-refractivity contribution < 1.29 is 4.79 Å². The minimum Gasteiger partial charge on any atom is -0.350 e. The van der Waals surface area contributed by atoms with E-state index in [4.69, 9.17) is 5.26 Å². The third kappa shape index (κ3) is 3.96. The van der Waals surface area contributed by atoms with Gasteiger partial charge in [0.15, 0.2) is 0 Å². The van der Waals surface area contributed by atoms with Crippen molar-refractivity contribution in [1.82, 2.24) is 10.4 Å². The first-order chi connectivity index (χ1) is 14.2. The highest BCUT2D eigenvalue weighted by atomic mass is 79.9. The van der Waals surface area contributed by atoms with Gasteiger partial charge in [0.05, 0.1) is 17.8 Å². The number of rotatable bonds is 4. The second-order valence-corrected chi connectivity index (χ2v) is 7.28. The van der Waals surface area contributed by atoms with Crippen molar-refractivity contribution in [3.05, 3.63) is 94.1 Å². The summed E-state index contributed by atoms with van der Waals surface area (Å²) in [7, 11) is 0. The number of aromatic amines is 1. The largest absolute Gasteiger partial charge is 0.350 e. The van der Waals surface area contributed by atoms with Crippen LogP contribution in [0.2, 0.25) is 0 Å². The fourth-order valence-electron chi connectivity index (χ4n) is 3.10. The molecule has 4 rings (SSSR count). The number of nitriles is 1. The van der Waals surface area contributed by atoms with Gasteiger partial charge in [0.2, 0.25) is 0 Å². The molecule has 0 atom stereocenters. The molecule has 1 amide bonds. The van der Waals surface area contributed by atoms with Gasteiger partial charge in [-0.15, -0.1) is 0 Å². The molecule has 6 heteroatoms. The molecule has 4 aromatic rings. The zero-order chi connectivity index (χ0) is 20.2. The first-order valence-corrected chi connectivity index (χ1v) is 9.65. The van der Waals surface area contributed by atoms with Crippen molar-refractivity contribution in [3.8, 4) is 17.2 Å². The van der Waals surface area contributed by atoms with Crippen molar-refractivity contribution in [2.75, 3.05) is 0 Å². The normalized spacial score (nSPS) is 10.9. The number of aromatic nitrogens is 1. The third-order valence-electron chi connectivity index (χ3n) is 4.47. The summed E-state index contributed by atoms with van der Waals surface area (Å²) >= 11 is 3.51. The van der Waals surface area contributed by atoms with E-state index in [-0.39, 0.29) is 5.91 Å². The molecule has 0 fully saturated rings. The number of fused-ring (bicyclic) bond motifs is 1. The van der Waals surface area contributed by atoms with Gasteiger partial charge in [0.1, 0.15) is 5.69 Å². The van der Waals surface area contributed by atoms with Gasteiger partial charge < -0.3 is 4.98 Å². The van der Waals surface area contributed by atoms with Crippen LogP contribution in [0.5, 0.6) is 0 Å². The van der Waals surface area contributed by atoms with Crippen LogP contribution in [-0.4, -0.2) is 17.1 Å². The van der Waals surface area contributed by atoms with Gasteiger partial charge in [0.25, 0.3) is 5.91 Å². The molecule has 3 aromatic carbocycles. The van der Waals surface area contributed by atoms with Crippen molar-refractivity contribution in [1.29, 1.82) is 5.26 Å². The number of carbonyl (C=O) groups is 1. The van der Waals surface area contributed by atoms with Crippen LogP contribution in [0.25, 0.3) is 22.0 Å². The molecule has 0 unspecified atom stereocenters. The Morgan fingerprint density at radius 2 is 1.83 bits per heavy atom. The Morgan fingerprint density at radius 3 is 2.55 bits per heavy atom. The van der Waals surface area contributed by atoms with Crippen LogP contribution >= 0.6 is 15.9 Å². The lowest BCUT2D eigenvalue weighted by atomic mass is 10.0. The number of nitrogens with zero attached hydrogens (tertiary/aromatic N) is 2. The Morgan fingerprint density at radius 1 is 1.07 bits per heavy atom. The van der Waals surface area contributed by atoms with Crippen LogP contribution in [0, 0.1) is 11.3 Å². The maximum atomic E-state index is 12.9. The van der Waals surface area contributed by atoms with E-state index in [1.165, 1.54) is 0 Å². The van der Waals surface area contributed by atoms with Crippen molar-refractivity contribution in [2.24, 2.45) is 5.10 Å². The molecule has 0 radical (unpaired) electrons. The Kier molecular flexibility index (Phi) is 5.23. The van der Waals surface area contributed by atoms with Crippen LogP contribution in [0.3, 0.4) is 0 Å². The van der Waals surface area contributed by atoms with Crippen molar-refractivity contribution in [2.45, 2.75) is 0 Å². The average Bonchev–Trinajstić information content (AvgIpc) is 3.13. The molecule has 2 N–H and O–H groups in total. The number of amides is 1. The fourth-order valence-corrected chi connectivity index (χ4v) is 3.47. The van der Waals surface area contributed by atoms with E-state index in [0.29, 0.717) is 11.3 Å². The molecule has 0 saturated carbocycles. The molecule has 0 aliphatic heterocycles. The third-order valence-corrected chi connectivity index (χ3v) is 4.96. The van der Waals surface area contributed by atoms with E-state index in [0.717, 1.165) is 32.1 Å². The second kappa shape index (κ2) is 8.13. The first kappa shape index (κ1) is 18.7. The molecular weight excluding hydrogens is 428 g/mol. The van der Waals surface area contributed by atoms with E-state index >= 15 is 0 Å². The number of H-pyrrole nitrogens is 1. The van der Waals surface area contributed by atoms with Crippen LogP contribution < -0.4 is 5.43 Å². The molecule has 0 saturated heterocycles. The smallest absolute Gasteiger partial charge is 0.288 e. The second-order valence-electron chi connectivity index (χ2n) is 6.36. The Bertz CT molecular complexity index is 1250. The molecule has 0 spiro atoms. The Labute approximate surface area is 175 Å². The Balaban J connectivity index is 1.66. The number of hydrogen-bond acceptors (Lipinski definition) is 3. The van der Waals surface area contributed by atoms with E-state index in [2.05, 4.69) is 37.5 Å². The molecule has 0 aliphatic rings. The van der Waals surface area contributed by atoms with Gasteiger partial charge in [-0.2, -0.15) is 10.4 Å². The first-order valence-electron chi connectivity index (χ1n) is 8.86.